The van der Waals surface area contributed by atoms with Crippen molar-refractivity contribution in [3.05, 3.63) is 46.7 Å². The number of methoxy groups -OCH3 is 1. The molecule has 1 saturated heterocycles. The van der Waals surface area contributed by atoms with E-state index in [2.05, 4.69) is 22.1 Å². The highest BCUT2D eigenvalue weighted by Gasteiger charge is 2.18. The molecule has 3 rings (SSSR count). The van der Waals surface area contributed by atoms with E-state index in [-0.39, 0.29) is 5.91 Å². The number of ether oxygens (including phenoxy) is 1. The largest absolute Gasteiger partial charge is 0.495 e. The lowest BCUT2D eigenvalue weighted by molar-refractivity contribution is 0.102. The molecule has 1 amide bonds. The minimum Gasteiger partial charge on any atom is -0.495 e. The Morgan fingerprint density at radius 3 is 2.69 bits per heavy atom. The number of aryl methyl sites for hydroxylation is 1. The number of benzene rings is 1. The molecule has 1 aliphatic rings. The highest BCUT2D eigenvalue weighted by atomic mass is 35.5. The third kappa shape index (κ3) is 4.10. The number of anilines is 2. The molecule has 0 bridgehead atoms. The molecule has 1 aromatic heterocycles. The minimum atomic E-state index is -0.218. The molecular weight excluding hydrogens is 350 g/mol. The Hall–Kier alpha value is -2.27. The number of hydrogen-bond acceptors (Lipinski definition) is 4. The van der Waals surface area contributed by atoms with Crippen LogP contribution in [0, 0.1) is 12.8 Å². The Morgan fingerprint density at radius 1 is 1.27 bits per heavy atom. The van der Waals surface area contributed by atoms with Gasteiger partial charge >= 0.3 is 0 Å². The van der Waals surface area contributed by atoms with Crippen LogP contribution in [0.2, 0.25) is 5.02 Å². The molecule has 138 valence electrons. The first-order chi connectivity index (χ1) is 12.5. The molecule has 0 atom stereocenters. The number of pyridine rings is 1. The third-order valence-corrected chi connectivity index (χ3v) is 5.27. The fourth-order valence-electron chi connectivity index (χ4n) is 3.12. The van der Waals surface area contributed by atoms with Crippen LogP contribution in [0.5, 0.6) is 5.75 Å². The summed E-state index contributed by atoms with van der Waals surface area (Å²) in [7, 11) is 1.55. The van der Waals surface area contributed by atoms with Crippen molar-refractivity contribution in [2.24, 2.45) is 5.92 Å². The molecule has 2 heterocycles. The molecule has 0 aliphatic carbocycles. The van der Waals surface area contributed by atoms with E-state index in [1.165, 1.54) is 0 Å². The van der Waals surface area contributed by atoms with Crippen LogP contribution in [0.4, 0.5) is 11.4 Å². The number of piperidine rings is 1. The maximum Gasteiger partial charge on any atom is 0.257 e. The van der Waals surface area contributed by atoms with Gasteiger partial charge in [0.1, 0.15) is 5.75 Å². The zero-order valence-corrected chi connectivity index (χ0v) is 16.1. The molecule has 0 saturated carbocycles. The highest BCUT2D eigenvalue weighted by molar-refractivity contribution is 6.31. The van der Waals surface area contributed by atoms with Crippen LogP contribution in [-0.2, 0) is 0 Å². The quantitative estimate of drug-likeness (QED) is 0.854. The maximum atomic E-state index is 12.7. The average Bonchev–Trinajstić information content (AvgIpc) is 2.65. The number of rotatable bonds is 4. The zero-order chi connectivity index (χ0) is 18.7. The first kappa shape index (κ1) is 18.5. The van der Waals surface area contributed by atoms with Gasteiger partial charge in [-0.05, 0) is 43.4 Å². The molecule has 0 unspecified atom stereocenters. The number of carbonyl (C=O) groups is 1. The van der Waals surface area contributed by atoms with Crippen molar-refractivity contribution < 1.29 is 9.53 Å². The summed E-state index contributed by atoms with van der Waals surface area (Å²) in [5.74, 6) is 1.07. The number of halogens is 1. The van der Waals surface area contributed by atoms with Crippen LogP contribution in [0.3, 0.4) is 0 Å². The monoisotopic (exact) mass is 373 g/mol. The SMILES string of the molecule is COc1cc(Cl)c(C)cc1NC(=O)c1cncc(N2CCC(C)CC2)c1. The Morgan fingerprint density at radius 2 is 2.00 bits per heavy atom. The van der Waals surface area contributed by atoms with Crippen LogP contribution in [0.15, 0.2) is 30.6 Å². The van der Waals surface area contributed by atoms with E-state index in [1.54, 1.807) is 19.4 Å². The topological polar surface area (TPSA) is 54.5 Å². The van der Waals surface area contributed by atoms with Gasteiger partial charge in [0.25, 0.3) is 5.91 Å². The second-order valence-corrected chi connectivity index (χ2v) is 7.26. The Kier molecular flexibility index (Phi) is 5.67. The van der Waals surface area contributed by atoms with E-state index in [4.69, 9.17) is 16.3 Å². The average molecular weight is 374 g/mol. The predicted octanol–water partition coefficient (Wildman–Crippen LogP) is 4.54. The number of amides is 1. The lowest BCUT2D eigenvalue weighted by Crippen LogP contribution is -2.33. The van der Waals surface area contributed by atoms with Gasteiger partial charge < -0.3 is 15.0 Å². The maximum absolute atomic E-state index is 12.7. The van der Waals surface area contributed by atoms with Crippen molar-refractivity contribution in [2.45, 2.75) is 26.7 Å². The standard InChI is InChI=1S/C20H24ClN3O2/c1-13-4-6-24(7-5-13)16-9-15(11-22-12-16)20(25)23-18-8-14(2)17(21)10-19(18)26-3/h8-13H,4-7H2,1-3H3,(H,23,25). The van der Waals surface area contributed by atoms with Gasteiger partial charge in [-0.1, -0.05) is 18.5 Å². The Bertz CT molecular complexity index is 802. The van der Waals surface area contributed by atoms with E-state index in [0.717, 1.165) is 43.1 Å². The van der Waals surface area contributed by atoms with E-state index in [9.17, 15) is 4.79 Å². The van der Waals surface area contributed by atoms with E-state index >= 15 is 0 Å². The second-order valence-electron chi connectivity index (χ2n) is 6.86. The van der Waals surface area contributed by atoms with Crippen molar-refractivity contribution in [3.63, 3.8) is 0 Å². The summed E-state index contributed by atoms with van der Waals surface area (Å²) in [5, 5.41) is 3.50. The summed E-state index contributed by atoms with van der Waals surface area (Å²) in [6, 6.07) is 5.41. The minimum absolute atomic E-state index is 0.218. The van der Waals surface area contributed by atoms with Gasteiger partial charge in [0.2, 0.25) is 0 Å². The predicted molar refractivity (Wildman–Crippen MR) is 106 cm³/mol. The van der Waals surface area contributed by atoms with Gasteiger partial charge in [0, 0.05) is 30.4 Å². The smallest absolute Gasteiger partial charge is 0.257 e. The molecule has 5 nitrogen and oxygen atoms in total. The second kappa shape index (κ2) is 7.96. The number of nitrogens with zero attached hydrogens (tertiary/aromatic N) is 2. The number of nitrogens with one attached hydrogen (secondary N) is 1. The first-order valence-corrected chi connectivity index (χ1v) is 9.21. The fourth-order valence-corrected chi connectivity index (χ4v) is 3.27. The van der Waals surface area contributed by atoms with Crippen LogP contribution in [0.25, 0.3) is 0 Å². The lowest BCUT2D eigenvalue weighted by Gasteiger charge is -2.32. The summed E-state index contributed by atoms with van der Waals surface area (Å²) in [4.78, 5) is 19.3. The zero-order valence-electron chi connectivity index (χ0n) is 15.4. The van der Waals surface area contributed by atoms with Gasteiger partial charge in [-0.25, -0.2) is 0 Å². The normalized spacial score (nSPS) is 15.0. The van der Waals surface area contributed by atoms with Crippen molar-refractivity contribution in [3.8, 4) is 5.75 Å². The first-order valence-electron chi connectivity index (χ1n) is 8.83. The molecule has 1 N–H and O–H groups in total. The van der Waals surface area contributed by atoms with Gasteiger partial charge in [-0.3, -0.25) is 9.78 Å². The molecule has 0 spiro atoms. The Balaban J connectivity index is 1.78. The van der Waals surface area contributed by atoms with Gasteiger partial charge in [-0.2, -0.15) is 0 Å². The van der Waals surface area contributed by atoms with Crippen molar-refractivity contribution >= 4 is 28.9 Å². The molecule has 26 heavy (non-hydrogen) atoms. The molecule has 1 aromatic carbocycles. The molecule has 1 aliphatic heterocycles. The van der Waals surface area contributed by atoms with Crippen LogP contribution >= 0.6 is 11.6 Å². The van der Waals surface area contributed by atoms with Gasteiger partial charge in [-0.15, -0.1) is 0 Å². The summed E-state index contributed by atoms with van der Waals surface area (Å²) < 4.78 is 5.32. The van der Waals surface area contributed by atoms with E-state index in [1.807, 2.05) is 25.3 Å². The molecule has 2 aromatic rings. The molecule has 6 heteroatoms. The molecular formula is C20H24ClN3O2. The van der Waals surface area contributed by atoms with E-state index < -0.39 is 0 Å². The summed E-state index contributed by atoms with van der Waals surface area (Å²) >= 11 is 6.13. The number of hydrogen-bond donors (Lipinski definition) is 1. The molecule has 1 fully saturated rings. The van der Waals surface area contributed by atoms with Crippen molar-refractivity contribution in [2.75, 3.05) is 30.4 Å². The van der Waals surface area contributed by atoms with Crippen LogP contribution in [0.1, 0.15) is 35.7 Å². The van der Waals surface area contributed by atoms with E-state index in [0.29, 0.717) is 22.0 Å². The Labute approximate surface area is 159 Å². The highest BCUT2D eigenvalue weighted by Crippen LogP contribution is 2.31. The van der Waals surface area contributed by atoms with Crippen LogP contribution < -0.4 is 15.0 Å². The summed E-state index contributed by atoms with van der Waals surface area (Å²) in [6.45, 7) is 6.16. The fraction of sp³-hybridized carbons (Fsp3) is 0.400. The number of carbonyl (C=O) groups excluding carboxylic acids is 1. The summed E-state index contributed by atoms with van der Waals surface area (Å²) in [6.07, 6.45) is 5.73. The van der Waals surface area contributed by atoms with Crippen molar-refractivity contribution in [1.29, 1.82) is 0 Å². The summed E-state index contributed by atoms with van der Waals surface area (Å²) in [5.41, 5.74) is 2.98. The van der Waals surface area contributed by atoms with Crippen LogP contribution in [-0.4, -0.2) is 31.1 Å². The molecule has 0 radical (unpaired) electrons. The van der Waals surface area contributed by atoms with Gasteiger partial charge in [0.05, 0.1) is 30.2 Å². The number of aromatic nitrogens is 1. The van der Waals surface area contributed by atoms with Crippen molar-refractivity contribution in [1.82, 2.24) is 4.98 Å². The van der Waals surface area contributed by atoms with Gasteiger partial charge in [0.15, 0.2) is 0 Å². The lowest BCUT2D eigenvalue weighted by atomic mass is 9.99. The third-order valence-electron chi connectivity index (χ3n) is 4.86.